The molecular formula is C16H21N3O2S. The molecule has 118 valence electrons. The lowest BCUT2D eigenvalue weighted by Crippen LogP contribution is -2.34. The van der Waals surface area contributed by atoms with Gasteiger partial charge >= 0.3 is 0 Å². The summed E-state index contributed by atoms with van der Waals surface area (Å²) < 4.78 is 5.40. The maximum absolute atomic E-state index is 12.4. The normalized spacial score (nSPS) is 12.2. The fourth-order valence-electron chi connectivity index (χ4n) is 2.16. The highest BCUT2D eigenvalue weighted by atomic mass is 32.1. The molecule has 1 N–H and O–H groups in total. The topological polar surface area (TPSA) is 54.5 Å². The van der Waals surface area contributed by atoms with Gasteiger partial charge in [0.25, 0.3) is 5.91 Å². The number of likely N-dealkylation sites (N-methyl/N-ethyl adjacent to an activating group) is 1. The molecule has 2 aromatic heterocycles. The zero-order valence-corrected chi connectivity index (χ0v) is 13.9. The van der Waals surface area contributed by atoms with E-state index in [-0.39, 0.29) is 11.9 Å². The van der Waals surface area contributed by atoms with Crippen LogP contribution in [0.25, 0.3) is 0 Å². The van der Waals surface area contributed by atoms with E-state index in [0.29, 0.717) is 24.6 Å². The van der Waals surface area contributed by atoms with Gasteiger partial charge in [0, 0.05) is 12.7 Å². The maximum atomic E-state index is 12.4. The Morgan fingerprint density at radius 1 is 1.45 bits per heavy atom. The second-order valence-corrected chi connectivity index (χ2v) is 5.82. The zero-order valence-electron chi connectivity index (χ0n) is 13.1. The van der Waals surface area contributed by atoms with Crippen molar-refractivity contribution in [3.8, 4) is 5.88 Å². The molecule has 0 bridgehead atoms. The summed E-state index contributed by atoms with van der Waals surface area (Å²) in [6, 6.07) is 5.68. The fourth-order valence-corrected chi connectivity index (χ4v) is 2.87. The van der Waals surface area contributed by atoms with E-state index in [1.807, 2.05) is 26.4 Å². The van der Waals surface area contributed by atoms with Gasteiger partial charge in [0.15, 0.2) is 0 Å². The van der Waals surface area contributed by atoms with Crippen LogP contribution in [0.3, 0.4) is 0 Å². The largest absolute Gasteiger partial charge is 0.477 e. The molecule has 0 aliphatic carbocycles. The van der Waals surface area contributed by atoms with Crippen LogP contribution in [-0.2, 0) is 0 Å². The van der Waals surface area contributed by atoms with Gasteiger partial charge in [-0.25, -0.2) is 4.98 Å². The highest BCUT2D eigenvalue weighted by Gasteiger charge is 2.18. The third-order valence-electron chi connectivity index (χ3n) is 3.30. The van der Waals surface area contributed by atoms with Gasteiger partial charge in [-0.05, 0) is 55.5 Å². The van der Waals surface area contributed by atoms with Crippen LogP contribution < -0.4 is 10.1 Å². The second kappa shape index (κ2) is 7.91. The Hall–Kier alpha value is -1.92. The molecule has 0 fully saturated rings. The lowest BCUT2D eigenvalue weighted by atomic mass is 10.1. The number of amides is 1. The predicted octanol–water partition coefficient (Wildman–Crippen LogP) is 2.57. The van der Waals surface area contributed by atoms with Crippen molar-refractivity contribution in [3.05, 3.63) is 46.3 Å². The Bertz CT molecular complexity index is 599. The van der Waals surface area contributed by atoms with E-state index in [1.54, 1.807) is 29.7 Å². The molecule has 0 aromatic carbocycles. The standard InChI is InChI=1S/C16H21N3O2S/c1-4-21-16-13(6-5-8-17-16)15(20)18-10-14(19(2)3)12-7-9-22-11-12/h5-9,11,14H,4,10H2,1-3H3,(H,18,20)/t14-/m0/s1. The molecule has 1 amide bonds. The van der Waals surface area contributed by atoms with Crippen molar-refractivity contribution in [2.24, 2.45) is 0 Å². The number of pyridine rings is 1. The van der Waals surface area contributed by atoms with Crippen LogP contribution in [0.5, 0.6) is 5.88 Å². The van der Waals surface area contributed by atoms with E-state index in [4.69, 9.17) is 4.74 Å². The van der Waals surface area contributed by atoms with Crippen molar-refractivity contribution in [3.63, 3.8) is 0 Å². The van der Waals surface area contributed by atoms with Crippen LogP contribution in [-0.4, -0.2) is 43.0 Å². The Morgan fingerprint density at radius 3 is 2.91 bits per heavy atom. The minimum absolute atomic E-state index is 0.141. The zero-order chi connectivity index (χ0) is 15.9. The van der Waals surface area contributed by atoms with E-state index in [9.17, 15) is 4.79 Å². The molecule has 22 heavy (non-hydrogen) atoms. The number of carbonyl (C=O) groups excluding carboxylic acids is 1. The summed E-state index contributed by atoms with van der Waals surface area (Å²) in [6.07, 6.45) is 1.62. The third kappa shape index (κ3) is 4.05. The van der Waals surface area contributed by atoms with Crippen LogP contribution in [0.2, 0.25) is 0 Å². The maximum Gasteiger partial charge on any atom is 0.256 e. The first-order valence-corrected chi connectivity index (χ1v) is 8.12. The summed E-state index contributed by atoms with van der Waals surface area (Å²) in [5, 5.41) is 7.12. The summed E-state index contributed by atoms with van der Waals surface area (Å²) in [4.78, 5) is 18.6. The molecule has 0 aliphatic heterocycles. The van der Waals surface area contributed by atoms with Crippen molar-refractivity contribution in [2.45, 2.75) is 13.0 Å². The number of hydrogen-bond donors (Lipinski definition) is 1. The number of ether oxygens (including phenoxy) is 1. The molecule has 0 spiro atoms. The molecule has 0 saturated carbocycles. The van der Waals surface area contributed by atoms with Gasteiger partial charge in [0.05, 0.1) is 12.6 Å². The van der Waals surface area contributed by atoms with Crippen LogP contribution in [0.15, 0.2) is 35.2 Å². The van der Waals surface area contributed by atoms with E-state index in [0.717, 1.165) is 0 Å². The van der Waals surface area contributed by atoms with Gasteiger partial charge in [-0.15, -0.1) is 0 Å². The van der Waals surface area contributed by atoms with E-state index in [1.165, 1.54) is 5.56 Å². The first kappa shape index (κ1) is 16.5. The van der Waals surface area contributed by atoms with Gasteiger partial charge in [-0.2, -0.15) is 11.3 Å². The third-order valence-corrected chi connectivity index (χ3v) is 4.01. The molecule has 6 heteroatoms. The first-order chi connectivity index (χ1) is 10.6. The summed E-state index contributed by atoms with van der Waals surface area (Å²) in [7, 11) is 4.01. The Morgan fingerprint density at radius 2 is 2.27 bits per heavy atom. The molecule has 0 radical (unpaired) electrons. The van der Waals surface area contributed by atoms with E-state index in [2.05, 4.69) is 26.6 Å². The average molecular weight is 319 g/mol. The number of hydrogen-bond acceptors (Lipinski definition) is 5. The van der Waals surface area contributed by atoms with E-state index < -0.39 is 0 Å². The number of carbonyl (C=O) groups is 1. The summed E-state index contributed by atoms with van der Waals surface area (Å²) >= 11 is 1.66. The van der Waals surface area contributed by atoms with Crippen LogP contribution in [0.1, 0.15) is 28.9 Å². The van der Waals surface area contributed by atoms with Crippen molar-refractivity contribution in [1.29, 1.82) is 0 Å². The number of thiophene rings is 1. The predicted molar refractivity (Wildman–Crippen MR) is 88.5 cm³/mol. The molecule has 2 heterocycles. The second-order valence-electron chi connectivity index (χ2n) is 5.04. The van der Waals surface area contributed by atoms with Crippen molar-refractivity contribution in [2.75, 3.05) is 27.2 Å². The minimum atomic E-state index is -0.168. The Balaban J connectivity index is 2.06. The number of nitrogens with one attached hydrogen (secondary N) is 1. The Labute approximate surface area is 134 Å². The van der Waals surface area contributed by atoms with Crippen molar-refractivity contribution in [1.82, 2.24) is 15.2 Å². The highest BCUT2D eigenvalue weighted by Crippen LogP contribution is 2.20. The summed E-state index contributed by atoms with van der Waals surface area (Å²) in [6.45, 7) is 2.88. The van der Waals surface area contributed by atoms with Crippen LogP contribution >= 0.6 is 11.3 Å². The molecule has 2 rings (SSSR count). The molecule has 0 aliphatic rings. The molecule has 1 atom stereocenters. The van der Waals surface area contributed by atoms with Gasteiger partial charge in [-0.1, -0.05) is 0 Å². The van der Waals surface area contributed by atoms with Gasteiger partial charge < -0.3 is 15.0 Å². The van der Waals surface area contributed by atoms with Gasteiger partial charge in [0.1, 0.15) is 5.56 Å². The molecule has 0 saturated heterocycles. The van der Waals surface area contributed by atoms with Gasteiger partial charge in [0.2, 0.25) is 5.88 Å². The molecular weight excluding hydrogens is 298 g/mol. The minimum Gasteiger partial charge on any atom is -0.477 e. The summed E-state index contributed by atoms with van der Waals surface area (Å²) in [5.74, 6) is 0.207. The molecule has 2 aromatic rings. The van der Waals surface area contributed by atoms with Crippen molar-refractivity contribution >= 4 is 17.2 Å². The molecule has 0 unspecified atom stereocenters. The lowest BCUT2D eigenvalue weighted by molar-refractivity contribution is 0.0937. The number of aromatic nitrogens is 1. The lowest BCUT2D eigenvalue weighted by Gasteiger charge is -2.24. The first-order valence-electron chi connectivity index (χ1n) is 7.18. The van der Waals surface area contributed by atoms with Gasteiger partial charge in [-0.3, -0.25) is 4.79 Å². The summed E-state index contributed by atoms with van der Waals surface area (Å²) in [5.41, 5.74) is 1.67. The monoisotopic (exact) mass is 319 g/mol. The van der Waals surface area contributed by atoms with Crippen molar-refractivity contribution < 1.29 is 9.53 Å². The van der Waals surface area contributed by atoms with Crippen LogP contribution in [0.4, 0.5) is 0 Å². The average Bonchev–Trinajstić information content (AvgIpc) is 3.02. The fraction of sp³-hybridized carbons (Fsp3) is 0.375. The van der Waals surface area contributed by atoms with Crippen LogP contribution in [0, 0.1) is 0 Å². The quantitative estimate of drug-likeness (QED) is 0.852. The number of nitrogens with zero attached hydrogens (tertiary/aromatic N) is 2. The SMILES string of the molecule is CCOc1ncccc1C(=O)NC[C@@H](c1ccsc1)N(C)C. The van der Waals surface area contributed by atoms with E-state index >= 15 is 0 Å². The highest BCUT2D eigenvalue weighted by molar-refractivity contribution is 7.07. The smallest absolute Gasteiger partial charge is 0.256 e. The molecule has 5 nitrogen and oxygen atoms in total. The Kier molecular flexibility index (Phi) is 5.91. The number of rotatable bonds is 7.